The standard InChI is InChI=1S/C18H22N2O4/c1-14-7-3-4-8-15(14)23-12-17(22)24-11-16(21)20-18(13-19)9-5-2-6-10-18/h3-4,7-8H,2,5-6,9-12H2,1H3,(H,20,21). The van der Waals surface area contributed by atoms with Crippen LogP contribution in [0.15, 0.2) is 24.3 Å². The molecule has 24 heavy (non-hydrogen) atoms. The molecule has 0 spiro atoms. The summed E-state index contributed by atoms with van der Waals surface area (Å²) in [6.45, 7) is 1.21. The third-order valence-corrected chi connectivity index (χ3v) is 4.10. The molecule has 1 aliphatic carbocycles. The lowest BCUT2D eigenvalue weighted by Crippen LogP contribution is -2.50. The molecule has 0 unspecified atom stereocenters. The van der Waals surface area contributed by atoms with E-state index in [1.165, 1.54) is 0 Å². The lowest BCUT2D eigenvalue weighted by Gasteiger charge is -2.31. The average Bonchev–Trinajstić information content (AvgIpc) is 2.60. The molecule has 1 aliphatic rings. The van der Waals surface area contributed by atoms with E-state index >= 15 is 0 Å². The second-order valence-electron chi connectivity index (χ2n) is 6.02. The topological polar surface area (TPSA) is 88.4 Å². The van der Waals surface area contributed by atoms with Crippen LogP contribution in [0.5, 0.6) is 5.75 Å². The zero-order valence-electron chi connectivity index (χ0n) is 13.8. The molecule has 6 heteroatoms. The molecule has 0 bridgehead atoms. The smallest absolute Gasteiger partial charge is 0.344 e. The van der Waals surface area contributed by atoms with Crippen molar-refractivity contribution in [2.45, 2.75) is 44.6 Å². The molecule has 1 amide bonds. The zero-order chi connectivity index (χ0) is 17.4. The molecule has 0 aromatic heterocycles. The van der Waals surface area contributed by atoms with Crippen molar-refractivity contribution < 1.29 is 19.1 Å². The summed E-state index contributed by atoms with van der Waals surface area (Å²) >= 11 is 0. The molecule has 1 N–H and O–H groups in total. The van der Waals surface area contributed by atoms with Crippen molar-refractivity contribution in [2.24, 2.45) is 0 Å². The number of rotatable bonds is 6. The van der Waals surface area contributed by atoms with Crippen LogP contribution < -0.4 is 10.1 Å². The summed E-state index contributed by atoms with van der Waals surface area (Å²) in [5.41, 5.74) is 0.0932. The van der Waals surface area contributed by atoms with Gasteiger partial charge in [0.05, 0.1) is 6.07 Å². The summed E-state index contributed by atoms with van der Waals surface area (Å²) in [7, 11) is 0. The molecular formula is C18H22N2O4. The predicted molar refractivity (Wildman–Crippen MR) is 87.2 cm³/mol. The summed E-state index contributed by atoms with van der Waals surface area (Å²) in [5, 5.41) is 12.0. The first-order chi connectivity index (χ1) is 11.5. The zero-order valence-corrected chi connectivity index (χ0v) is 13.8. The van der Waals surface area contributed by atoms with Gasteiger partial charge in [0.1, 0.15) is 11.3 Å². The van der Waals surface area contributed by atoms with Crippen molar-refractivity contribution >= 4 is 11.9 Å². The van der Waals surface area contributed by atoms with Gasteiger partial charge in [0, 0.05) is 0 Å². The van der Waals surface area contributed by atoms with Gasteiger partial charge in [-0.2, -0.15) is 5.26 Å². The van der Waals surface area contributed by atoms with Crippen LogP contribution in [0.2, 0.25) is 0 Å². The molecular weight excluding hydrogens is 308 g/mol. The number of hydrogen-bond acceptors (Lipinski definition) is 5. The van der Waals surface area contributed by atoms with Gasteiger partial charge in [-0.25, -0.2) is 4.79 Å². The highest BCUT2D eigenvalue weighted by molar-refractivity contribution is 5.81. The molecule has 2 rings (SSSR count). The summed E-state index contributed by atoms with van der Waals surface area (Å²) in [6, 6.07) is 9.51. The van der Waals surface area contributed by atoms with Gasteiger partial charge in [-0.05, 0) is 31.4 Å². The maximum Gasteiger partial charge on any atom is 0.344 e. The van der Waals surface area contributed by atoms with Crippen LogP contribution in [-0.2, 0) is 14.3 Å². The van der Waals surface area contributed by atoms with Gasteiger partial charge in [0.25, 0.3) is 5.91 Å². The highest BCUT2D eigenvalue weighted by atomic mass is 16.6. The van der Waals surface area contributed by atoms with Crippen LogP contribution in [0.4, 0.5) is 0 Å². The van der Waals surface area contributed by atoms with Crippen molar-refractivity contribution in [1.82, 2.24) is 5.32 Å². The first-order valence-corrected chi connectivity index (χ1v) is 8.11. The molecule has 1 fully saturated rings. The SMILES string of the molecule is Cc1ccccc1OCC(=O)OCC(=O)NC1(C#N)CCCCC1. The van der Waals surface area contributed by atoms with E-state index in [0.29, 0.717) is 18.6 Å². The van der Waals surface area contributed by atoms with E-state index in [2.05, 4.69) is 11.4 Å². The van der Waals surface area contributed by atoms with E-state index in [4.69, 9.17) is 9.47 Å². The molecule has 0 radical (unpaired) electrons. The van der Waals surface area contributed by atoms with Gasteiger partial charge in [-0.3, -0.25) is 4.79 Å². The number of esters is 1. The minimum Gasteiger partial charge on any atom is -0.482 e. The molecule has 6 nitrogen and oxygen atoms in total. The Morgan fingerprint density at radius 3 is 2.58 bits per heavy atom. The van der Waals surface area contributed by atoms with E-state index in [-0.39, 0.29) is 6.61 Å². The Hall–Kier alpha value is -2.55. The second kappa shape index (κ2) is 8.34. The minimum atomic E-state index is -0.820. The highest BCUT2D eigenvalue weighted by Crippen LogP contribution is 2.27. The van der Waals surface area contributed by atoms with Crippen LogP contribution in [-0.4, -0.2) is 30.6 Å². The number of aryl methyl sites for hydroxylation is 1. The average molecular weight is 330 g/mol. The third-order valence-electron chi connectivity index (χ3n) is 4.10. The van der Waals surface area contributed by atoms with Crippen LogP contribution in [0.25, 0.3) is 0 Å². The molecule has 1 saturated carbocycles. The van der Waals surface area contributed by atoms with Gasteiger partial charge < -0.3 is 14.8 Å². The van der Waals surface area contributed by atoms with Gasteiger partial charge >= 0.3 is 5.97 Å². The van der Waals surface area contributed by atoms with Crippen molar-refractivity contribution in [3.8, 4) is 11.8 Å². The van der Waals surface area contributed by atoms with Gasteiger partial charge in [0.2, 0.25) is 0 Å². The molecule has 1 aromatic rings. The monoisotopic (exact) mass is 330 g/mol. The molecule has 0 aliphatic heterocycles. The summed E-state index contributed by atoms with van der Waals surface area (Å²) in [6.07, 6.45) is 4.18. The number of hydrogen-bond donors (Lipinski definition) is 1. The van der Waals surface area contributed by atoms with E-state index in [9.17, 15) is 14.9 Å². The fourth-order valence-corrected chi connectivity index (χ4v) is 2.77. The Balaban J connectivity index is 1.74. The minimum absolute atomic E-state index is 0.262. The van der Waals surface area contributed by atoms with E-state index in [1.54, 1.807) is 6.07 Å². The number of benzene rings is 1. The quantitative estimate of drug-likeness (QED) is 0.808. The van der Waals surface area contributed by atoms with Crippen molar-refractivity contribution in [3.63, 3.8) is 0 Å². The van der Waals surface area contributed by atoms with Gasteiger partial charge in [-0.1, -0.05) is 37.5 Å². The van der Waals surface area contributed by atoms with E-state index in [0.717, 1.165) is 24.8 Å². The van der Waals surface area contributed by atoms with Crippen LogP contribution in [0, 0.1) is 18.3 Å². The Morgan fingerprint density at radius 2 is 1.92 bits per heavy atom. The maximum absolute atomic E-state index is 11.9. The van der Waals surface area contributed by atoms with E-state index in [1.807, 2.05) is 25.1 Å². The number of nitrogens with one attached hydrogen (secondary N) is 1. The molecule has 1 aromatic carbocycles. The van der Waals surface area contributed by atoms with Crippen molar-refractivity contribution in [2.75, 3.05) is 13.2 Å². The van der Waals surface area contributed by atoms with Gasteiger partial charge in [-0.15, -0.1) is 0 Å². The maximum atomic E-state index is 11.9. The fourth-order valence-electron chi connectivity index (χ4n) is 2.77. The molecule has 128 valence electrons. The number of nitriles is 1. The number of carbonyl (C=O) groups is 2. The number of amides is 1. The van der Waals surface area contributed by atoms with E-state index < -0.39 is 24.0 Å². The highest BCUT2D eigenvalue weighted by Gasteiger charge is 2.33. The third kappa shape index (κ3) is 4.98. The number of nitrogens with zero attached hydrogens (tertiary/aromatic N) is 1. The summed E-state index contributed by atoms with van der Waals surface area (Å²) in [5.74, 6) is -0.477. The number of para-hydroxylation sites is 1. The fraction of sp³-hybridized carbons (Fsp3) is 0.500. The lowest BCUT2D eigenvalue weighted by molar-refractivity contribution is -0.150. The normalized spacial score (nSPS) is 15.8. The second-order valence-corrected chi connectivity index (χ2v) is 6.02. The van der Waals surface area contributed by atoms with Crippen LogP contribution in [0.1, 0.15) is 37.7 Å². The Bertz CT molecular complexity index is 630. The first-order valence-electron chi connectivity index (χ1n) is 8.11. The Kier molecular flexibility index (Phi) is 6.19. The predicted octanol–water partition coefficient (Wildman–Crippen LogP) is 2.26. The summed E-state index contributed by atoms with van der Waals surface area (Å²) < 4.78 is 10.3. The molecule has 0 atom stereocenters. The lowest BCUT2D eigenvalue weighted by atomic mass is 9.83. The first kappa shape index (κ1) is 17.8. The van der Waals surface area contributed by atoms with Crippen molar-refractivity contribution in [3.05, 3.63) is 29.8 Å². The molecule has 0 heterocycles. The Morgan fingerprint density at radius 1 is 1.21 bits per heavy atom. The van der Waals surface area contributed by atoms with Crippen LogP contribution >= 0.6 is 0 Å². The summed E-state index contributed by atoms with van der Waals surface area (Å²) in [4.78, 5) is 23.6. The van der Waals surface area contributed by atoms with Crippen LogP contribution in [0.3, 0.4) is 0 Å². The number of carbonyl (C=O) groups excluding carboxylic acids is 2. The van der Waals surface area contributed by atoms with Gasteiger partial charge in [0.15, 0.2) is 13.2 Å². The Labute approximate surface area is 141 Å². The van der Waals surface area contributed by atoms with Crippen molar-refractivity contribution in [1.29, 1.82) is 5.26 Å². The number of ether oxygens (including phenoxy) is 2. The largest absolute Gasteiger partial charge is 0.482 e. The molecule has 0 saturated heterocycles.